The number of carbonyl (C=O) groups is 1. The van der Waals surface area contributed by atoms with Gasteiger partial charge >= 0.3 is 0 Å². The summed E-state index contributed by atoms with van der Waals surface area (Å²) in [6.07, 6.45) is 0.166. The van der Waals surface area contributed by atoms with Crippen LogP contribution in [0.1, 0.15) is 39.9 Å². The number of likely N-dealkylation sites (N-methyl/N-ethyl adjacent to an activating group) is 1. The minimum Gasteiger partial charge on any atom is -0.383 e. The van der Waals surface area contributed by atoms with Crippen molar-refractivity contribution < 1.29 is 18.3 Å². The first-order valence-electron chi connectivity index (χ1n) is 10.3. The number of amides is 1. The number of halogens is 2. The number of nitrogens with two attached hydrogens (primary N) is 1. The molecule has 3 atom stereocenters. The molecule has 8 nitrogen and oxygen atoms in total. The molecule has 4 N–H and O–H groups in total. The number of hydrogen-bond donors (Lipinski definition) is 3. The molecule has 2 unspecified atom stereocenters. The van der Waals surface area contributed by atoms with Crippen LogP contribution in [0.15, 0.2) is 36.5 Å². The van der Waals surface area contributed by atoms with E-state index in [4.69, 9.17) is 10.5 Å². The number of ether oxygens (including phenoxy) is 1. The molecule has 1 saturated heterocycles. The van der Waals surface area contributed by atoms with Gasteiger partial charge in [-0.25, -0.2) is 18.7 Å². The van der Waals surface area contributed by atoms with Crippen molar-refractivity contribution in [2.24, 2.45) is 0 Å². The molecule has 1 fully saturated rings. The first-order valence-corrected chi connectivity index (χ1v) is 11.1. The Kier molecular flexibility index (Phi) is 6.54. The van der Waals surface area contributed by atoms with Gasteiger partial charge in [-0.2, -0.15) is 0 Å². The number of rotatable bonds is 8. The van der Waals surface area contributed by atoms with Gasteiger partial charge < -0.3 is 26.0 Å². The van der Waals surface area contributed by atoms with Crippen molar-refractivity contribution >= 4 is 34.0 Å². The SMILES string of the molecule is C[C@H](CN(C)C)NC(=O)c1ccc(Nc2nc(N)c(C3OC3c3c(F)cccc3F)s2)nc1. The maximum Gasteiger partial charge on any atom is 0.253 e. The molecule has 3 heterocycles. The van der Waals surface area contributed by atoms with Gasteiger partial charge in [-0.1, -0.05) is 17.4 Å². The van der Waals surface area contributed by atoms with Crippen LogP contribution < -0.4 is 16.4 Å². The van der Waals surface area contributed by atoms with Crippen LogP contribution >= 0.6 is 11.3 Å². The summed E-state index contributed by atoms with van der Waals surface area (Å²) in [6.45, 7) is 2.65. The van der Waals surface area contributed by atoms with E-state index in [-0.39, 0.29) is 23.3 Å². The van der Waals surface area contributed by atoms with E-state index in [1.807, 2.05) is 25.9 Å². The Morgan fingerprint density at radius 1 is 1.24 bits per heavy atom. The molecule has 2 aromatic heterocycles. The van der Waals surface area contributed by atoms with Crippen LogP contribution in [0.25, 0.3) is 0 Å². The van der Waals surface area contributed by atoms with Crippen molar-refractivity contribution in [1.82, 2.24) is 20.2 Å². The van der Waals surface area contributed by atoms with Gasteiger partial charge in [-0.15, -0.1) is 0 Å². The zero-order valence-electron chi connectivity index (χ0n) is 18.3. The average molecular weight is 475 g/mol. The van der Waals surface area contributed by atoms with Gasteiger partial charge in [0.2, 0.25) is 0 Å². The summed E-state index contributed by atoms with van der Waals surface area (Å²) in [6, 6.07) is 7.01. The van der Waals surface area contributed by atoms with E-state index < -0.39 is 23.8 Å². The second-order valence-corrected chi connectivity index (χ2v) is 9.11. The van der Waals surface area contributed by atoms with E-state index in [1.54, 1.807) is 12.1 Å². The van der Waals surface area contributed by atoms with Crippen molar-refractivity contribution in [3.8, 4) is 0 Å². The van der Waals surface area contributed by atoms with Gasteiger partial charge in [0, 0.05) is 18.8 Å². The predicted octanol–water partition coefficient (Wildman–Crippen LogP) is 3.63. The third kappa shape index (κ3) is 5.27. The predicted molar refractivity (Wildman–Crippen MR) is 122 cm³/mol. The van der Waals surface area contributed by atoms with Gasteiger partial charge in [-0.3, -0.25) is 4.79 Å². The van der Waals surface area contributed by atoms with E-state index in [0.717, 1.165) is 6.54 Å². The number of nitrogens with zero attached hydrogens (tertiary/aromatic N) is 3. The highest BCUT2D eigenvalue weighted by molar-refractivity contribution is 7.16. The molecule has 0 bridgehead atoms. The van der Waals surface area contributed by atoms with Crippen molar-refractivity contribution in [3.05, 3.63) is 64.2 Å². The fourth-order valence-electron chi connectivity index (χ4n) is 3.53. The molecule has 0 saturated carbocycles. The molecule has 11 heteroatoms. The van der Waals surface area contributed by atoms with E-state index in [0.29, 0.717) is 21.4 Å². The van der Waals surface area contributed by atoms with E-state index in [9.17, 15) is 13.6 Å². The second kappa shape index (κ2) is 9.38. The highest BCUT2D eigenvalue weighted by Crippen LogP contribution is 2.55. The standard InChI is InChI=1S/C22H24F2N6O2S/c1-11(10-30(2)3)27-21(31)12-7-8-15(26-9-12)28-22-29-20(25)19(33-22)18-17(32-18)16-13(23)5-4-6-14(16)24/h4-9,11,17-18H,10,25H2,1-3H3,(H,27,31)(H,26,28,29)/t11-,17?,18?/m1/s1. The number of nitrogen functional groups attached to an aromatic ring is 1. The van der Waals surface area contributed by atoms with Gasteiger partial charge in [0.05, 0.1) is 16.0 Å². The number of thiazole rings is 1. The number of anilines is 3. The maximum absolute atomic E-state index is 14.0. The van der Waals surface area contributed by atoms with E-state index >= 15 is 0 Å². The lowest BCUT2D eigenvalue weighted by Gasteiger charge is -2.18. The average Bonchev–Trinajstić information content (AvgIpc) is 3.42. The van der Waals surface area contributed by atoms with Crippen LogP contribution in [0, 0.1) is 11.6 Å². The molecule has 0 spiro atoms. The summed E-state index contributed by atoms with van der Waals surface area (Å²) in [5.41, 5.74) is 6.34. The minimum atomic E-state index is -0.743. The zero-order valence-corrected chi connectivity index (χ0v) is 19.1. The molecule has 1 aliphatic rings. The summed E-state index contributed by atoms with van der Waals surface area (Å²) < 4.78 is 33.6. The van der Waals surface area contributed by atoms with E-state index in [1.165, 1.54) is 35.7 Å². The molecule has 4 rings (SSSR count). The second-order valence-electron chi connectivity index (χ2n) is 8.07. The lowest BCUT2D eigenvalue weighted by Crippen LogP contribution is -2.39. The number of epoxide rings is 1. The number of hydrogen-bond acceptors (Lipinski definition) is 8. The van der Waals surface area contributed by atoms with Crippen LogP contribution in [0.5, 0.6) is 0 Å². The Bertz CT molecular complexity index is 1130. The van der Waals surface area contributed by atoms with E-state index in [2.05, 4.69) is 20.6 Å². The Morgan fingerprint density at radius 3 is 2.61 bits per heavy atom. The molecule has 174 valence electrons. The molecule has 1 aromatic carbocycles. The Balaban J connectivity index is 1.40. The molecule has 3 aromatic rings. The zero-order chi connectivity index (χ0) is 23.7. The van der Waals surface area contributed by atoms with Crippen molar-refractivity contribution in [3.63, 3.8) is 0 Å². The number of pyridine rings is 1. The first-order chi connectivity index (χ1) is 15.7. The Morgan fingerprint density at radius 2 is 1.97 bits per heavy atom. The van der Waals surface area contributed by atoms with Crippen molar-refractivity contribution in [2.75, 3.05) is 31.7 Å². The molecule has 0 aliphatic carbocycles. The van der Waals surface area contributed by atoms with Gasteiger partial charge in [-0.05, 0) is 45.3 Å². The largest absolute Gasteiger partial charge is 0.383 e. The summed E-state index contributed by atoms with van der Waals surface area (Å²) in [5.74, 6) is -0.831. The van der Waals surface area contributed by atoms with Gasteiger partial charge in [0.25, 0.3) is 5.91 Å². The maximum atomic E-state index is 14.0. The smallest absolute Gasteiger partial charge is 0.253 e. The quantitative estimate of drug-likeness (QED) is 0.428. The third-order valence-electron chi connectivity index (χ3n) is 4.99. The van der Waals surface area contributed by atoms with Crippen LogP contribution in [-0.2, 0) is 4.74 Å². The Hall–Kier alpha value is -3.15. The van der Waals surface area contributed by atoms with Crippen molar-refractivity contribution in [2.45, 2.75) is 25.2 Å². The number of nitrogens with one attached hydrogen (secondary N) is 2. The topological polar surface area (TPSA) is 109 Å². The fourth-order valence-corrected chi connectivity index (χ4v) is 4.48. The number of benzene rings is 1. The lowest BCUT2D eigenvalue weighted by molar-refractivity contribution is 0.0934. The first kappa shape index (κ1) is 23.0. The Labute approximate surface area is 193 Å². The van der Waals surface area contributed by atoms with Gasteiger partial charge in [0.15, 0.2) is 5.13 Å². The molecular weight excluding hydrogens is 450 g/mol. The molecule has 1 aliphatic heterocycles. The number of carbonyl (C=O) groups excluding carboxylic acids is 1. The fraction of sp³-hybridized carbons (Fsp3) is 0.318. The summed E-state index contributed by atoms with van der Waals surface area (Å²) >= 11 is 1.22. The third-order valence-corrected chi connectivity index (χ3v) is 6.04. The van der Waals surface area contributed by atoms with Crippen LogP contribution in [0.3, 0.4) is 0 Å². The molecule has 1 amide bonds. The van der Waals surface area contributed by atoms with Crippen LogP contribution in [-0.4, -0.2) is 47.5 Å². The lowest BCUT2D eigenvalue weighted by atomic mass is 10.1. The summed E-state index contributed by atoms with van der Waals surface area (Å²) in [7, 11) is 3.88. The highest BCUT2D eigenvalue weighted by Gasteiger charge is 2.47. The monoisotopic (exact) mass is 474 g/mol. The molecule has 0 radical (unpaired) electrons. The van der Waals surface area contributed by atoms with Crippen LogP contribution in [0.4, 0.5) is 25.5 Å². The normalized spacial score (nSPS) is 18.2. The summed E-state index contributed by atoms with van der Waals surface area (Å²) in [5, 5.41) is 6.40. The van der Waals surface area contributed by atoms with Crippen molar-refractivity contribution in [1.29, 1.82) is 0 Å². The minimum absolute atomic E-state index is 0.00618. The van der Waals surface area contributed by atoms with Crippen LogP contribution in [0.2, 0.25) is 0 Å². The summed E-state index contributed by atoms with van der Waals surface area (Å²) in [4.78, 5) is 23.4. The van der Waals surface area contributed by atoms with Gasteiger partial charge in [0.1, 0.15) is 35.5 Å². The molecular formula is C22H24F2N6O2S. The number of aromatic nitrogens is 2. The highest BCUT2D eigenvalue weighted by atomic mass is 32.1. The molecule has 33 heavy (non-hydrogen) atoms.